The van der Waals surface area contributed by atoms with Gasteiger partial charge in [0.05, 0.1) is 11.4 Å². The molecule has 2 aromatic heterocycles. The van der Waals surface area contributed by atoms with Crippen LogP contribution in [-0.2, 0) is 0 Å². The van der Waals surface area contributed by atoms with E-state index in [0.29, 0.717) is 12.2 Å². The van der Waals surface area contributed by atoms with Crippen LogP contribution < -0.4 is 0 Å². The Labute approximate surface area is 146 Å². The Balaban J connectivity index is 1.61. The van der Waals surface area contributed by atoms with E-state index in [4.69, 9.17) is 0 Å². The van der Waals surface area contributed by atoms with E-state index in [0.717, 1.165) is 41.5 Å². The number of aryl methyl sites for hydroxylation is 1. The predicted octanol–water partition coefficient (Wildman–Crippen LogP) is 3.35. The maximum atomic E-state index is 13.1. The molecule has 0 saturated carbocycles. The first-order valence-corrected chi connectivity index (χ1v) is 8.64. The summed E-state index contributed by atoms with van der Waals surface area (Å²) in [6, 6.07) is 9.83. The zero-order valence-electron chi connectivity index (χ0n) is 14.2. The Morgan fingerprint density at radius 2 is 2.08 bits per heavy atom. The SMILES string of the molecule is Cc1cncc([C@@H]2CCCN(C(=O)c3nccc4ccccc34)C2)n1. The van der Waals surface area contributed by atoms with Gasteiger partial charge in [-0.3, -0.25) is 19.7 Å². The molecule has 1 fully saturated rings. The van der Waals surface area contributed by atoms with Crippen molar-refractivity contribution in [1.29, 1.82) is 0 Å². The summed E-state index contributed by atoms with van der Waals surface area (Å²) in [4.78, 5) is 28.2. The third-order valence-corrected chi connectivity index (χ3v) is 4.78. The van der Waals surface area contributed by atoms with Gasteiger partial charge >= 0.3 is 0 Å². The van der Waals surface area contributed by atoms with Crippen LogP contribution in [0.3, 0.4) is 0 Å². The van der Waals surface area contributed by atoms with Crippen LogP contribution in [0.5, 0.6) is 0 Å². The molecule has 5 nitrogen and oxygen atoms in total. The predicted molar refractivity (Wildman–Crippen MR) is 96.4 cm³/mol. The molecule has 1 aromatic carbocycles. The highest BCUT2D eigenvalue weighted by Crippen LogP contribution is 2.27. The Morgan fingerprint density at radius 1 is 1.20 bits per heavy atom. The summed E-state index contributed by atoms with van der Waals surface area (Å²) in [6.45, 7) is 3.38. The van der Waals surface area contributed by atoms with Crippen LogP contribution in [0.2, 0.25) is 0 Å². The summed E-state index contributed by atoms with van der Waals surface area (Å²) in [5.41, 5.74) is 2.43. The zero-order chi connectivity index (χ0) is 17.2. The minimum atomic E-state index is 0.00196. The second-order valence-corrected chi connectivity index (χ2v) is 6.56. The van der Waals surface area contributed by atoms with E-state index in [2.05, 4.69) is 15.0 Å². The number of aromatic nitrogens is 3. The van der Waals surface area contributed by atoms with Crippen LogP contribution in [0.4, 0.5) is 0 Å². The van der Waals surface area contributed by atoms with Gasteiger partial charge in [0.2, 0.25) is 0 Å². The Kier molecular flexibility index (Phi) is 4.14. The van der Waals surface area contributed by atoms with Crippen molar-refractivity contribution >= 4 is 16.7 Å². The van der Waals surface area contributed by atoms with Crippen molar-refractivity contribution in [2.24, 2.45) is 0 Å². The molecule has 1 atom stereocenters. The normalized spacial score (nSPS) is 17.6. The summed E-state index contributed by atoms with van der Waals surface area (Å²) in [5.74, 6) is 0.238. The molecule has 5 heteroatoms. The Hall–Kier alpha value is -2.82. The number of amides is 1. The summed E-state index contributed by atoms with van der Waals surface area (Å²) in [5, 5.41) is 1.95. The fraction of sp³-hybridized carbons (Fsp3) is 0.300. The average molecular weight is 332 g/mol. The van der Waals surface area contributed by atoms with E-state index in [-0.39, 0.29) is 11.8 Å². The second kappa shape index (κ2) is 6.59. The van der Waals surface area contributed by atoms with E-state index < -0.39 is 0 Å². The van der Waals surface area contributed by atoms with Crippen LogP contribution in [-0.4, -0.2) is 38.8 Å². The number of rotatable bonds is 2. The Morgan fingerprint density at radius 3 is 2.96 bits per heavy atom. The molecule has 1 saturated heterocycles. The van der Waals surface area contributed by atoms with Crippen molar-refractivity contribution in [3.63, 3.8) is 0 Å². The maximum absolute atomic E-state index is 13.1. The lowest BCUT2D eigenvalue weighted by Gasteiger charge is -2.32. The van der Waals surface area contributed by atoms with E-state index in [1.807, 2.05) is 48.4 Å². The smallest absolute Gasteiger partial charge is 0.273 e. The van der Waals surface area contributed by atoms with Crippen molar-refractivity contribution in [3.8, 4) is 0 Å². The largest absolute Gasteiger partial charge is 0.337 e. The standard InChI is InChI=1S/C20H20N4O/c1-14-11-21-12-18(23-14)16-6-4-10-24(13-16)20(25)19-17-7-3-2-5-15(17)8-9-22-19/h2-3,5,7-9,11-12,16H,4,6,10,13H2,1H3/t16-/m1/s1. The third-order valence-electron chi connectivity index (χ3n) is 4.78. The molecule has 0 spiro atoms. The fourth-order valence-electron chi connectivity index (χ4n) is 3.52. The van der Waals surface area contributed by atoms with Crippen molar-refractivity contribution in [1.82, 2.24) is 19.9 Å². The van der Waals surface area contributed by atoms with Crippen molar-refractivity contribution in [3.05, 3.63) is 66.0 Å². The molecule has 0 N–H and O–H groups in total. The number of fused-ring (bicyclic) bond motifs is 1. The van der Waals surface area contributed by atoms with Crippen LogP contribution in [0, 0.1) is 6.92 Å². The van der Waals surface area contributed by atoms with Crippen LogP contribution in [0.25, 0.3) is 10.8 Å². The quantitative estimate of drug-likeness (QED) is 0.722. The number of piperidine rings is 1. The zero-order valence-corrected chi connectivity index (χ0v) is 14.2. The van der Waals surface area contributed by atoms with Gasteiger partial charge in [-0.15, -0.1) is 0 Å². The molecule has 1 aliphatic heterocycles. The van der Waals surface area contributed by atoms with Gasteiger partial charge in [-0.2, -0.15) is 0 Å². The average Bonchev–Trinajstić information content (AvgIpc) is 2.67. The molecule has 3 aromatic rings. The molecule has 0 bridgehead atoms. The van der Waals surface area contributed by atoms with Crippen molar-refractivity contribution in [2.75, 3.05) is 13.1 Å². The number of benzene rings is 1. The first kappa shape index (κ1) is 15.7. The second-order valence-electron chi connectivity index (χ2n) is 6.56. The molecule has 3 heterocycles. The maximum Gasteiger partial charge on any atom is 0.273 e. The van der Waals surface area contributed by atoms with Crippen LogP contribution in [0.15, 0.2) is 48.9 Å². The van der Waals surface area contributed by atoms with Gasteiger partial charge < -0.3 is 4.90 Å². The molecule has 1 aliphatic rings. The van der Waals surface area contributed by atoms with E-state index in [1.165, 1.54) is 0 Å². The lowest BCUT2D eigenvalue weighted by molar-refractivity contribution is 0.0702. The minimum absolute atomic E-state index is 0.00196. The molecule has 25 heavy (non-hydrogen) atoms. The number of likely N-dealkylation sites (tertiary alicyclic amines) is 1. The number of pyridine rings is 1. The highest BCUT2D eigenvalue weighted by atomic mass is 16.2. The van der Waals surface area contributed by atoms with Gasteiger partial charge in [-0.05, 0) is 31.2 Å². The first-order valence-electron chi connectivity index (χ1n) is 8.64. The lowest BCUT2D eigenvalue weighted by atomic mass is 9.94. The fourth-order valence-corrected chi connectivity index (χ4v) is 3.52. The summed E-state index contributed by atoms with van der Waals surface area (Å²) in [7, 11) is 0. The molecule has 126 valence electrons. The number of hydrogen-bond acceptors (Lipinski definition) is 4. The molecular formula is C20H20N4O. The van der Waals surface area contributed by atoms with Gasteiger partial charge in [0, 0.05) is 43.0 Å². The van der Waals surface area contributed by atoms with Crippen LogP contribution >= 0.6 is 0 Å². The molecule has 0 aliphatic carbocycles. The van der Waals surface area contributed by atoms with Gasteiger partial charge in [0.25, 0.3) is 5.91 Å². The number of hydrogen-bond donors (Lipinski definition) is 0. The summed E-state index contributed by atoms with van der Waals surface area (Å²) < 4.78 is 0. The van der Waals surface area contributed by atoms with E-state index in [1.54, 1.807) is 12.4 Å². The molecule has 1 amide bonds. The van der Waals surface area contributed by atoms with Gasteiger partial charge in [0.15, 0.2) is 0 Å². The minimum Gasteiger partial charge on any atom is -0.337 e. The molecule has 4 rings (SSSR count). The van der Waals surface area contributed by atoms with E-state index >= 15 is 0 Å². The van der Waals surface area contributed by atoms with Gasteiger partial charge in [-0.25, -0.2) is 0 Å². The first-order chi connectivity index (χ1) is 12.2. The molecule has 0 unspecified atom stereocenters. The summed E-state index contributed by atoms with van der Waals surface area (Å²) >= 11 is 0. The van der Waals surface area contributed by atoms with Crippen LogP contribution in [0.1, 0.15) is 40.6 Å². The number of carbonyl (C=O) groups excluding carboxylic acids is 1. The van der Waals surface area contributed by atoms with E-state index in [9.17, 15) is 4.79 Å². The third kappa shape index (κ3) is 3.09. The van der Waals surface area contributed by atoms with Crippen molar-refractivity contribution in [2.45, 2.75) is 25.7 Å². The van der Waals surface area contributed by atoms with Crippen molar-refractivity contribution < 1.29 is 4.79 Å². The number of carbonyl (C=O) groups is 1. The monoisotopic (exact) mass is 332 g/mol. The highest BCUT2D eigenvalue weighted by Gasteiger charge is 2.27. The van der Waals surface area contributed by atoms with Gasteiger partial charge in [0.1, 0.15) is 5.69 Å². The topological polar surface area (TPSA) is 59.0 Å². The highest BCUT2D eigenvalue weighted by molar-refractivity contribution is 6.05. The molecule has 0 radical (unpaired) electrons. The Bertz CT molecular complexity index is 919. The summed E-state index contributed by atoms with van der Waals surface area (Å²) in [6.07, 6.45) is 7.29. The molecular weight excluding hydrogens is 312 g/mol. The van der Waals surface area contributed by atoms with Gasteiger partial charge in [-0.1, -0.05) is 24.3 Å². The number of nitrogens with zero attached hydrogens (tertiary/aromatic N) is 4. The lowest BCUT2D eigenvalue weighted by Crippen LogP contribution is -2.39.